The van der Waals surface area contributed by atoms with Crippen LogP contribution >= 0.6 is 0 Å². The molecule has 94 valence electrons. The van der Waals surface area contributed by atoms with Gasteiger partial charge in [-0.15, -0.1) is 0 Å². The minimum Gasteiger partial charge on any atom is -0.361 e. The number of hydrogen-bond donors (Lipinski definition) is 2. The molecule has 0 aliphatic heterocycles. The Morgan fingerprint density at radius 1 is 1.05 bits per heavy atom. The summed E-state index contributed by atoms with van der Waals surface area (Å²) >= 11 is 0. The maximum atomic E-state index is 4.27. The molecule has 2 N–H and O–H groups in total. The van der Waals surface area contributed by atoms with E-state index in [9.17, 15) is 0 Å². The van der Waals surface area contributed by atoms with Crippen molar-refractivity contribution < 1.29 is 0 Å². The van der Waals surface area contributed by atoms with Gasteiger partial charge in [0.05, 0.1) is 11.9 Å². The van der Waals surface area contributed by atoms with Gasteiger partial charge in [-0.05, 0) is 25.1 Å². The number of anilines is 1. The van der Waals surface area contributed by atoms with Crippen molar-refractivity contribution in [2.75, 3.05) is 5.43 Å². The van der Waals surface area contributed by atoms with Gasteiger partial charge >= 0.3 is 0 Å². The van der Waals surface area contributed by atoms with Crippen molar-refractivity contribution in [2.24, 2.45) is 5.10 Å². The average molecular weight is 249 g/mol. The van der Waals surface area contributed by atoms with Crippen molar-refractivity contribution >= 4 is 22.8 Å². The first kappa shape index (κ1) is 11.5. The molecule has 0 fully saturated rings. The molecule has 0 saturated heterocycles. The second kappa shape index (κ2) is 4.98. The van der Waals surface area contributed by atoms with Crippen LogP contribution in [0, 0.1) is 6.92 Å². The molecule has 0 spiro atoms. The Bertz CT molecular complexity index is 708. The molecule has 0 aliphatic carbocycles. The lowest BCUT2D eigenvalue weighted by Crippen LogP contribution is -1.89. The van der Waals surface area contributed by atoms with Gasteiger partial charge in [-0.25, -0.2) is 0 Å². The van der Waals surface area contributed by atoms with Gasteiger partial charge in [0.15, 0.2) is 0 Å². The van der Waals surface area contributed by atoms with Crippen LogP contribution in [0.4, 0.5) is 5.69 Å². The largest absolute Gasteiger partial charge is 0.361 e. The third-order valence-electron chi connectivity index (χ3n) is 3.07. The van der Waals surface area contributed by atoms with Crippen LogP contribution in [-0.2, 0) is 0 Å². The highest BCUT2D eigenvalue weighted by molar-refractivity contribution is 5.99. The maximum absolute atomic E-state index is 4.27. The average Bonchev–Trinajstić information content (AvgIpc) is 2.85. The van der Waals surface area contributed by atoms with E-state index in [0.717, 1.165) is 16.8 Å². The van der Waals surface area contributed by atoms with Crippen molar-refractivity contribution in [1.29, 1.82) is 0 Å². The van der Waals surface area contributed by atoms with Gasteiger partial charge in [-0.2, -0.15) is 5.10 Å². The number of H-pyrrole nitrogens is 1. The fourth-order valence-electron chi connectivity index (χ4n) is 2.01. The van der Waals surface area contributed by atoms with Crippen molar-refractivity contribution in [3.8, 4) is 0 Å². The lowest BCUT2D eigenvalue weighted by Gasteiger charge is -1.99. The second-order valence-corrected chi connectivity index (χ2v) is 4.53. The van der Waals surface area contributed by atoms with E-state index in [2.05, 4.69) is 46.7 Å². The molecule has 0 saturated carbocycles. The Balaban J connectivity index is 1.77. The summed E-state index contributed by atoms with van der Waals surface area (Å²) in [7, 11) is 0. The lowest BCUT2D eigenvalue weighted by atomic mass is 10.2. The SMILES string of the molecule is Cc1ccc(N/N=C\c2c[nH]c3ccccc23)cc1. The number of fused-ring (bicyclic) bond motifs is 1. The number of rotatable bonds is 3. The molecule has 3 rings (SSSR count). The van der Waals surface area contributed by atoms with Gasteiger partial charge in [0.2, 0.25) is 0 Å². The molecular formula is C16H15N3. The molecule has 3 heteroatoms. The van der Waals surface area contributed by atoms with Gasteiger partial charge in [-0.3, -0.25) is 5.43 Å². The van der Waals surface area contributed by atoms with Gasteiger partial charge in [0.25, 0.3) is 0 Å². The van der Waals surface area contributed by atoms with Gasteiger partial charge in [-0.1, -0.05) is 35.9 Å². The Labute approximate surface area is 112 Å². The third-order valence-corrected chi connectivity index (χ3v) is 3.07. The van der Waals surface area contributed by atoms with Gasteiger partial charge < -0.3 is 4.98 Å². The van der Waals surface area contributed by atoms with Crippen molar-refractivity contribution in [2.45, 2.75) is 6.92 Å². The number of benzene rings is 2. The zero-order chi connectivity index (χ0) is 13.1. The van der Waals surface area contributed by atoms with Crippen LogP contribution in [0.2, 0.25) is 0 Å². The van der Waals surface area contributed by atoms with Crippen LogP contribution in [0.15, 0.2) is 59.8 Å². The van der Waals surface area contributed by atoms with E-state index in [1.807, 2.05) is 36.7 Å². The lowest BCUT2D eigenvalue weighted by molar-refractivity contribution is 1.34. The number of aromatic amines is 1. The summed E-state index contributed by atoms with van der Waals surface area (Å²) in [6, 6.07) is 16.3. The standard InChI is InChI=1S/C16H15N3/c1-12-6-8-14(9-7-12)19-18-11-13-10-17-16-5-3-2-4-15(13)16/h2-11,17,19H,1H3/b18-11-. The molecule has 0 amide bonds. The molecule has 0 bridgehead atoms. The van der Waals surface area contributed by atoms with Crippen LogP contribution in [0.5, 0.6) is 0 Å². The molecule has 19 heavy (non-hydrogen) atoms. The van der Waals surface area contributed by atoms with E-state index >= 15 is 0 Å². The summed E-state index contributed by atoms with van der Waals surface area (Å²) in [5.41, 5.74) is 7.46. The maximum Gasteiger partial charge on any atom is 0.0566 e. The molecule has 0 aliphatic rings. The molecular weight excluding hydrogens is 234 g/mol. The molecule has 3 nitrogen and oxygen atoms in total. The molecule has 0 radical (unpaired) electrons. The summed E-state index contributed by atoms with van der Waals surface area (Å²) in [5, 5.41) is 5.45. The van der Waals surface area contributed by atoms with Crippen LogP contribution in [0.3, 0.4) is 0 Å². The van der Waals surface area contributed by atoms with E-state index in [1.165, 1.54) is 10.9 Å². The van der Waals surface area contributed by atoms with Crippen LogP contribution in [0.25, 0.3) is 10.9 Å². The van der Waals surface area contributed by atoms with Gasteiger partial charge in [0, 0.05) is 22.7 Å². The number of aromatic nitrogens is 1. The minimum atomic E-state index is 0.988. The van der Waals surface area contributed by atoms with E-state index in [0.29, 0.717) is 0 Å². The highest BCUT2D eigenvalue weighted by Crippen LogP contribution is 2.16. The molecule has 0 unspecified atom stereocenters. The second-order valence-electron chi connectivity index (χ2n) is 4.53. The Kier molecular flexibility index (Phi) is 3.02. The summed E-state index contributed by atoms with van der Waals surface area (Å²) in [4.78, 5) is 3.23. The Hall–Kier alpha value is -2.55. The smallest absolute Gasteiger partial charge is 0.0566 e. The van der Waals surface area contributed by atoms with Crippen LogP contribution < -0.4 is 5.43 Å². The summed E-state index contributed by atoms with van der Waals surface area (Å²) in [6.45, 7) is 2.07. The predicted octanol–water partition coefficient (Wildman–Crippen LogP) is 3.92. The predicted molar refractivity (Wildman–Crippen MR) is 80.7 cm³/mol. The van der Waals surface area contributed by atoms with Crippen molar-refractivity contribution in [3.05, 3.63) is 65.9 Å². The fourth-order valence-corrected chi connectivity index (χ4v) is 2.01. The molecule has 1 aromatic heterocycles. The minimum absolute atomic E-state index is 0.988. The first-order chi connectivity index (χ1) is 9.33. The summed E-state index contributed by atoms with van der Waals surface area (Å²) < 4.78 is 0. The number of aryl methyl sites for hydroxylation is 1. The summed E-state index contributed by atoms with van der Waals surface area (Å²) in [6.07, 6.45) is 3.80. The molecule has 3 aromatic rings. The summed E-state index contributed by atoms with van der Waals surface area (Å²) in [5.74, 6) is 0. The van der Waals surface area contributed by atoms with Gasteiger partial charge in [0.1, 0.15) is 0 Å². The van der Waals surface area contributed by atoms with Crippen LogP contribution in [0.1, 0.15) is 11.1 Å². The quantitative estimate of drug-likeness (QED) is 0.536. The first-order valence-electron chi connectivity index (χ1n) is 6.25. The topological polar surface area (TPSA) is 40.2 Å². The molecule has 1 heterocycles. The van der Waals surface area contributed by atoms with E-state index in [1.54, 1.807) is 0 Å². The van der Waals surface area contributed by atoms with Crippen molar-refractivity contribution in [3.63, 3.8) is 0 Å². The number of para-hydroxylation sites is 1. The Morgan fingerprint density at radius 3 is 2.68 bits per heavy atom. The zero-order valence-corrected chi connectivity index (χ0v) is 10.7. The number of hydrogen-bond acceptors (Lipinski definition) is 2. The number of hydrazone groups is 1. The number of nitrogens with zero attached hydrogens (tertiary/aromatic N) is 1. The first-order valence-corrected chi connectivity index (χ1v) is 6.25. The van der Waals surface area contributed by atoms with E-state index in [4.69, 9.17) is 0 Å². The third kappa shape index (κ3) is 2.50. The highest BCUT2D eigenvalue weighted by Gasteiger charge is 1.99. The zero-order valence-electron chi connectivity index (χ0n) is 10.7. The molecule has 0 atom stereocenters. The monoisotopic (exact) mass is 249 g/mol. The Morgan fingerprint density at radius 2 is 1.84 bits per heavy atom. The van der Waals surface area contributed by atoms with E-state index in [-0.39, 0.29) is 0 Å². The molecule has 2 aromatic carbocycles. The van der Waals surface area contributed by atoms with Crippen LogP contribution in [-0.4, -0.2) is 11.2 Å². The van der Waals surface area contributed by atoms with E-state index < -0.39 is 0 Å². The highest BCUT2D eigenvalue weighted by atomic mass is 15.3. The van der Waals surface area contributed by atoms with Crippen molar-refractivity contribution in [1.82, 2.24) is 4.98 Å². The fraction of sp³-hybridized carbons (Fsp3) is 0.0625. The number of nitrogens with one attached hydrogen (secondary N) is 2. The normalized spacial score (nSPS) is 11.2.